The molecule has 1 N–H and O–H groups in total. The van der Waals surface area contributed by atoms with Gasteiger partial charge in [-0.25, -0.2) is 0 Å². The Hall–Kier alpha value is -2.45. The van der Waals surface area contributed by atoms with E-state index in [1.165, 1.54) is 22.7 Å². The number of carbonyl (C=O) groups is 1. The number of anilines is 1. The highest BCUT2D eigenvalue weighted by Crippen LogP contribution is 2.37. The largest absolute Gasteiger partial charge is 0.486 e. The summed E-state index contributed by atoms with van der Waals surface area (Å²) in [6.07, 6.45) is 0.862. The van der Waals surface area contributed by atoms with Gasteiger partial charge in [0.1, 0.15) is 18.2 Å². The van der Waals surface area contributed by atoms with Crippen molar-refractivity contribution in [2.24, 2.45) is 5.92 Å². The molecule has 1 amide bonds. The van der Waals surface area contributed by atoms with Gasteiger partial charge < -0.3 is 9.47 Å². The second kappa shape index (κ2) is 7.66. The van der Waals surface area contributed by atoms with Crippen LogP contribution in [0, 0.1) is 5.92 Å². The van der Waals surface area contributed by atoms with E-state index >= 15 is 0 Å². The van der Waals surface area contributed by atoms with Crippen LogP contribution in [0.4, 0.5) is 5.13 Å². The number of hydrogen-bond donors (Lipinski definition) is 1. The first-order valence-corrected chi connectivity index (χ1v) is 10.4. The molecule has 0 saturated carbocycles. The Balaban J connectivity index is 1.47. The summed E-state index contributed by atoms with van der Waals surface area (Å²) in [5.74, 6) is 1.83. The first-order chi connectivity index (χ1) is 13.1. The molecule has 0 atom stereocenters. The number of aromatic nitrogens is 2. The zero-order valence-electron chi connectivity index (χ0n) is 15.0. The minimum Gasteiger partial charge on any atom is -0.486 e. The molecule has 3 aromatic rings. The summed E-state index contributed by atoms with van der Waals surface area (Å²) in [6.45, 7) is 5.38. The molecule has 3 heterocycles. The normalized spacial score (nSPS) is 13.0. The fraction of sp³-hybridized carbons (Fsp3) is 0.316. The van der Waals surface area contributed by atoms with Crippen LogP contribution in [-0.2, 0) is 6.42 Å². The van der Waals surface area contributed by atoms with Crippen molar-refractivity contribution in [3.63, 3.8) is 0 Å². The molecule has 27 heavy (non-hydrogen) atoms. The molecule has 0 bridgehead atoms. The van der Waals surface area contributed by atoms with Crippen LogP contribution < -0.4 is 14.8 Å². The summed E-state index contributed by atoms with van der Waals surface area (Å²) in [7, 11) is 0. The van der Waals surface area contributed by atoms with Gasteiger partial charge in [-0.15, -0.1) is 21.5 Å². The maximum atomic E-state index is 12.5. The number of hydrogen-bond acceptors (Lipinski definition) is 7. The summed E-state index contributed by atoms with van der Waals surface area (Å²) in [6, 6.07) is 9.59. The van der Waals surface area contributed by atoms with E-state index < -0.39 is 0 Å². The van der Waals surface area contributed by atoms with Crippen LogP contribution >= 0.6 is 22.7 Å². The van der Waals surface area contributed by atoms with Crippen molar-refractivity contribution >= 4 is 33.7 Å². The van der Waals surface area contributed by atoms with E-state index in [1.54, 1.807) is 0 Å². The SMILES string of the molecule is CC(C)Cc1nnc(NC(=O)c2ccc(-c3ccc4c(c3)OCCO4)s2)s1. The zero-order chi connectivity index (χ0) is 18.8. The topological polar surface area (TPSA) is 73.3 Å². The van der Waals surface area contributed by atoms with E-state index in [2.05, 4.69) is 29.4 Å². The Kier molecular flexibility index (Phi) is 5.09. The lowest BCUT2D eigenvalue weighted by atomic mass is 10.1. The van der Waals surface area contributed by atoms with Crippen LogP contribution in [0.5, 0.6) is 11.5 Å². The number of thiophene rings is 1. The third-order valence-electron chi connectivity index (χ3n) is 3.93. The molecule has 1 aliphatic rings. The lowest BCUT2D eigenvalue weighted by Gasteiger charge is -2.18. The minimum atomic E-state index is -0.170. The van der Waals surface area contributed by atoms with Crippen LogP contribution in [0.25, 0.3) is 10.4 Å². The predicted molar refractivity (Wildman–Crippen MR) is 107 cm³/mol. The molecule has 2 aromatic heterocycles. The zero-order valence-corrected chi connectivity index (χ0v) is 16.7. The molecule has 8 heteroatoms. The number of rotatable bonds is 5. The van der Waals surface area contributed by atoms with Gasteiger partial charge in [-0.3, -0.25) is 10.1 Å². The van der Waals surface area contributed by atoms with Gasteiger partial charge in [-0.2, -0.15) is 0 Å². The summed E-state index contributed by atoms with van der Waals surface area (Å²) in [4.78, 5) is 14.1. The maximum Gasteiger partial charge on any atom is 0.267 e. The Morgan fingerprint density at radius 3 is 2.74 bits per heavy atom. The summed E-state index contributed by atoms with van der Waals surface area (Å²) in [5.41, 5.74) is 0.999. The fourth-order valence-corrected chi connectivity index (χ4v) is 4.55. The number of nitrogens with zero attached hydrogens (tertiary/aromatic N) is 2. The lowest BCUT2D eigenvalue weighted by Crippen LogP contribution is -2.15. The average molecular weight is 402 g/mol. The van der Waals surface area contributed by atoms with Crippen LogP contribution in [0.1, 0.15) is 28.5 Å². The Morgan fingerprint density at radius 2 is 1.93 bits per heavy atom. The molecule has 140 valence electrons. The van der Waals surface area contributed by atoms with Gasteiger partial charge in [-0.05, 0) is 41.8 Å². The van der Waals surface area contributed by atoms with Crippen LogP contribution in [0.3, 0.4) is 0 Å². The van der Waals surface area contributed by atoms with Gasteiger partial charge in [0, 0.05) is 11.3 Å². The number of amides is 1. The van der Waals surface area contributed by atoms with E-state index in [4.69, 9.17) is 9.47 Å². The second-order valence-electron chi connectivity index (χ2n) is 6.58. The molecule has 0 aliphatic carbocycles. The molecule has 0 saturated heterocycles. The Labute approximate surface area is 165 Å². The molecule has 0 radical (unpaired) electrons. The quantitative estimate of drug-likeness (QED) is 0.682. The van der Waals surface area contributed by atoms with Gasteiger partial charge >= 0.3 is 0 Å². The van der Waals surface area contributed by atoms with E-state index in [1.807, 2.05) is 30.3 Å². The summed E-state index contributed by atoms with van der Waals surface area (Å²) >= 11 is 2.85. The molecule has 1 aliphatic heterocycles. The third kappa shape index (κ3) is 4.12. The van der Waals surface area contributed by atoms with E-state index in [0.717, 1.165) is 33.4 Å². The lowest BCUT2D eigenvalue weighted by molar-refractivity contribution is 0.103. The summed E-state index contributed by atoms with van der Waals surface area (Å²) < 4.78 is 11.2. The number of ether oxygens (including phenoxy) is 2. The summed E-state index contributed by atoms with van der Waals surface area (Å²) in [5, 5.41) is 12.5. The number of carbonyl (C=O) groups excluding carboxylic acids is 1. The highest BCUT2D eigenvalue weighted by molar-refractivity contribution is 7.18. The Morgan fingerprint density at radius 1 is 1.11 bits per heavy atom. The van der Waals surface area contributed by atoms with Crippen LogP contribution in [0.15, 0.2) is 30.3 Å². The van der Waals surface area contributed by atoms with Crippen molar-refractivity contribution in [3.8, 4) is 21.9 Å². The van der Waals surface area contributed by atoms with E-state index in [0.29, 0.717) is 29.1 Å². The van der Waals surface area contributed by atoms with Crippen LogP contribution in [-0.4, -0.2) is 29.3 Å². The van der Waals surface area contributed by atoms with E-state index in [-0.39, 0.29) is 5.91 Å². The van der Waals surface area contributed by atoms with Crippen molar-refractivity contribution in [1.29, 1.82) is 0 Å². The second-order valence-corrected chi connectivity index (χ2v) is 8.72. The predicted octanol–water partition coefficient (Wildman–Crippen LogP) is 4.49. The number of fused-ring (bicyclic) bond motifs is 1. The van der Waals surface area contributed by atoms with Gasteiger partial charge in [0.25, 0.3) is 5.91 Å². The first kappa shape index (κ1) is 17.9. The highest BCUT2D eigenvalue weighted by atomic mass is 32.1. The monoisotopic (exact) mass is 401 g/mol. The molecular formula is C19H19N3O3S2. The van der Waals surface area contributed by atoms with E-state index in [9.17, 15) is 4.79 Å². The molecule has 6 nitrogen and oxygen atoms in total. The molecule has 0 fully saturated rings. The van der Waals surface area contributed by atoms with Gasteiger partial charge in [0.15, 0.2) is 11.5 Å². The van der Waals surface area contributed by atoms with Crippen molar-refractivity contribution < 1.29 is 14.3 Å². The third-order valence-corrected chi connectivity index (χ3v) is 5.92. The average Bonchev–Trinajstić information content (AvgIpc) is 3.30. The van der Waals surface area contributed by atoms with Crippen molar-refractivity contribution in [2.75, 3.05) is 18.5 Å². The minimum absolute atomic E-state index is 0.170. The maximum absolute atomic E-state index is 12.5. The van der Waals surface area contributed by atoms with Gasteiger partial charge in [0.2, 0.25) is 5.13 Å². The molecule has 0 unspecified atom stereocenters. The van der Waals surface area contributed by atoms with Gasteiger partial charge in [0.05, 0.1) is 4.88 Å². The standard InChI is InChI=1S/C19H19N3O3S2/c1-11(2)9-17-21-22-19(27-17)20-18(23)16-6-5-15(26-16)12-3-4-13-14(10-12)25-8-7-24-13/h3-6,10-11H,7-9H2,1-2H3,(H,20,22,23). The molecular weight excluding hydrogens is 382 g/mol. The van der Waals surface area contributed by atoms with Crippen molar-refractivity contribution in [2.45, 2.75) is 20.3 Å². The van der Waals surface area contributed by atoms with Gasteiger partial charge in [-0.1, -0.05) is 25.2 Å². The highest BCUT2D eigenvalue weighted by Gasteiger charge is 2.16. The smallest absolute Gasteiger partial charge is 0.267 e. The molecule has 1 aromatic carbocycles. The first-order valence-electron chi connectivity index (χ1n) is 8.72. The number of benzene rings is 1. The fourth-order valence-electron chi connectivity index (χ4n) is 2.71. The van der Waals surface area contributed by atoms with Crippen molar-refractivity contribution in [1.82, 2.24) is 10.2 Å². The Bertz CT molecular complexity index is 965. The molecule has 4 rings (SSSR count). The molecule has 0 spiro atoms. The number of nitrogens with one attached hydrogen (secondary N) is 1. The van der Waals surface area contributed by atoms with Crippen molar-refractivity contribution in [3.05, 3.63) is 40.2 Å². The van der Waals surface area contributed by atoms with Crippen LogP contribution in [0.2, 0.25) is 0 Å².